The summed E-state index contributed by atoms with van der Waals surface area (Å²) in [6, 6.07) is 11.1. The lowest BCUT2D eigenvalue weighted by Gasteiger charge is -2.28. The molecule has 0 aliphatic carbocycles. The van der Waals surface area contributed by atoms with Crippen LogP contribution in [0.1, 0.15) is 41.2 Å². The molecule has 0 amide bonds. The van der Waals surface area contributed by atoms with Crippen LogP contribution in [0, 0.1) is 13.8 Å². The van der Waals surface area contributed by atoms with Gasteiger partial charge < -0.3 is 0 Å². The van der Waals surface area contributed by atoms with E-state index in [1.807, 2.05) is 45.0 Å². The van der Waals surface area contributed by atoms with Crippen molar-refractivity contribution in [3.8, 4) is 0 Å². The van der Waals surface area contributed by atoms with Crippen LogP contribution in [0.5, 0.6) is 0 Å². The van der Waals surface area contributed by atoms with Gasteiger partial charge in [-0.05, 0) is 61.1 Å². The first-order valence-electron chi connectivity index (χ1n) is 9.76. The lowest BCUT2D eigenvalue weighted by Crippen LogP contribution is -2.37. The highest BCUT2D eigenvalue weighted by molar-refractivity contribution is 7.91. The molecular formula is C21H28N2O4S2. The van der Waals surface area contributed by atoms with Crippen LogP contribution in [0.25, 0.3) is 0 Å². The normalized spacial score (nSPS) is 15.1. The van der Waals surface area contributed by atoms with Crippen molar-refractivity contribution in [1.82, 2.24) is 4.31 Å². The number of anilines is 1. The van der Waals surface area contributed by atoms with E-state index in [2.05, 4.69) is 4.72 Å². The van der Waals surface area contributed by atoms with Crippen molar-refractivity contribution in [1.29, 1.82) is 0 Å². The first kappa shape index (κ1) is 21.8. The topological polar surface area (TPSA) is 83.6 Å². The first-order valence-corrected chi connectivity index (χ1v) is 13.0. The van der Waals surface area contributed by atoms with Gasteiger partial charge in [0.2, 0.25) is 20.0 Å². The summed E-state index contributed by atoms with van der Waals surface area (Å²) in [7, 11) is -6.86. The molecule has 0 fully saturated rings. The highest BCUT2D eigenvalue weighted by atomic mass is 32.2. The molecule has 0 saturated heterocycles. The zero-order chi connectivity index (χ0) is 21.2. The second kappa shape index (κ2) is 8.45. The van der Waals surface area contributed by atoms with Crippen LogP contribution < -0.4 is 4.72 Å². The number of nitrogens with zero attached hydrogens (tertiary/aromatic N) is 1. The van der Waals surface area contributed by atoms with Crippen LogP contribution in [-0.4, -0.2) is 33.4 Å². The molecule has 2 aromatic carbocycles. The van der Waals surface area contributed by atoms with Gasteiger partial charge in [-0.1, -0.05) is 36.8 Å². The third-order valence-electron chi connectivity index (χ3n) is 5.16. The lowest BCUT2D eigenvalue weighted by atomic mass is 10.0. The number of hydrogen-bond donors (Lipinski definition) is 1. The van der Waals surface area contributed by atoms with Crippen LogP contribution >= 0.6 is 0 Å². The maximum atomic E-state index is 12.7. The van der Waals surface area contributed by atoms with Crippen molar-refractivity contribution in [2.24, 2.45) is 0 Å². The van der Waals surface area contributed by atoms with Gasteiger partial charge in [-0.15, -0.1) is 0 Å². The standard InChI is InChI=1S/C21H28N2O4S2/c1-4-11-29(26,27)23-10-9-18-7-8-21(13-19(18)14-23)22-28(24,25)15-20-12-16(2)5-6-17(20)3/h5-8,12-13,22H,4,9-11,14-15H2,1-3H3. The molecule has 0 radical (unpaired) electrons. The summed E-state index contributed by atoms with van der Waals surface area (Å²) in [6.07, 6.45) is 1.21. The van der Waals surface area contributed by atoms with Gasteiger partial charge in [0.1, 0.15) is 0 Å². The summed E-state index contributed by atoms with van der Waals surface area (Å²) in [5.74, 6) is 0.0269. The van der Waals surface area contributed by atoms with Gasteiger partial charge in [0, 0.05) is 18.8 Å². The molecule has 6 nitrogen and oxygen atoms in total. The largest absolute Gasteiger partial charge is 0.283 e. The molecule has 0 aromatic heterocycles. The van der Waals surface area contributed by atoms with E-state index in [9.17, 15) is 16.8 Å². The average molecular weight is 437 g/mol. The maximum absolute atomic E-state index is 12.7. The molecule has 1 aliphatic heterocycles. The SMILES string of the molecule is CCCS(=O)(=O)N1CCc2ccc(NS(=O)(=O)Cc3cc(C)ccc3C)cc2C1. The van der Waals surface area contributed by atoms with Crippen molar-refractivity contribution < 1.29 is 16.8 Å². The van der Waals surface area contributed by atoms with Crippen molar-refractivity contribution in [3.63, 3.8) is 0 Å². The summed E-state index contributed by atoms with van der Waals surface area (Å²) in [4.78, 5) is 0. The molecule has 0 unspecified atom stereocenters. The van der Waals surface area contributed by atoms with Crippen molar-refractivity contribution in [2.45, 2.75) is 45.9 Å². The molecule has 0 atom stereocenters. The second-order valence-electron chi connectivity index (χ2n) is 7.67. The summed E-state index contributed by atoms with van der Waals surface area (Å²) in [6.45, 7) is 6.43. The lowest BCUT2D eigenvalue weighted by molar-refractivity contribution is 0.391. The maximum Gasteiger partial charge on any atom is 0.236 e. The predicted molar refractivity (Wildman–Crippen MR) is 117 cm³/mol. The number of benzene rings is 2. The van der Waals surface area contributed by atoms with Gasteiger partial charge in [0.25, 0.3) is 0 Å². The zero-order valence-corrected chi connectivity index (χ0v) is 18.7. The highest BCUT2D eigenvalue weighted by Gasteiger charge is 2.26. The number of nitrogens with one attached hydrogen (secondary N) is 1. The van der Waals surface area contributed by atoms with Gasteiger partial charge in [0.05, 0.1) is 11.5 Å². The Morgan fingerprint density at radius 2 is 1.76 bits per heavy atom. The molecule has 8 heteroatoms. The van der Waals surface area contributed by atoms with Gasteiger partial charge in [-0.25, -0.2) is 16.8 Å². The van der Waals surface area contributed by atoms with E-state index >= 15 is 0 Å². The van der Waals surface area contributed by atoms with E-state index in [-0.39, 0.29) is 18.1 Å². The minimum absolute atomic E-state index is 0.103. The Balaban J connectivity index is 1.78. The van der Waals surface area contributed by atoms with Crippen LogP contribution in [0.4, 0.5) is 5.69 Å². The Morgan fingerprint density at radius 1 is 1.00 bits per heavy atom. The van der Waals surface area contributed by atoms with E-state index in [1.165, 1.54) is 4.31 Å². The Bertz CT molecular complexity index is 1110. The summed E-state index contributed by atoms with van der Waals surface area (Å²) < 4.78 is 54.3. The van der Waals surface area contributed by atoms with Gasteiger partial charge in [-0.2, -0.15) is 4.31 Å². The average Bonchev–Trinajstić information content (AvgIpc) is 2.63. The third-order valence-corrected chi connectivity index (χ3v) is 8.42. The van der Waals surface area contributed by atoms with Gasteiger partial charge >= 0.3 is 0 Å². The Kier molecular flexibility index (Phi) is 6.36. The number of hydrogen-bond acceptors (Lipinski definition) is 4. The highest BCUT2D eigenvalue weighted by Crippen LogP contribution is 2.26. The first-order chi connectivity index (χ1) is 13.6. The van der Waals surface area contributed by atoms with Gasteiger partial charge in [-0.3, -0.25) is 4.72 Å². The molecular weight excluding hydrogens is 408 g/mol. The summed E-state index contributed by atoms with van der Waals surface area (Å²) in [5, 5.41) is 0. The monoisotopic (exact) mass is 436 g/mol. The predicted octanol–water partition coefficient (Wildman–Crippen LogP) is 3.34. The van der Waals surface area contributed by atoms with E-state index in [4.69, 9.17) is 0 Å². The zero-order valence-electron chi connectivity index (χ0n) is 17.1. The Labute approximate surface area is 174 Å². The molecule has 1 aliphatic rings. The molecule has 158 valence electrons. The van der Waals surface area contributed by atoms with Crippen LogP contribution in [0.2, 0.25) is 0 Å². The van der Waals surface area contributed by atoms with Crippen molar-refractivity contribution in [2.75, 3.05) is 17.0 Å². The third kappa shape index (κ3) is 5.38. The van der Waals surface area contributed by atoms with E-state index < -0.39 is 20.0 Å². The molecule has 1 N–H and O–H groups in total. The minimum atomic E-state index is -3.59. The Hall–Kier alpha value is -1.90. The molecule has 2 aromatic rings. The second-order valence-corrected chi connectivity index (χ2v) is 11.5. The van der Waals surface area contributed by atoms with E-state index in [0.29, 0.717) is 25.1 Å². The van der Waals surface area contributed by atoms with Gasteiger partial charge in [0.15, 0.2) is 0 Å². The molecule has 3 rings (SSSR count). The molecule has 29 heavy (non-hydrogen) atoms. The van der Waals surface area contributed by atoms with Crippen LogP contribution in [0.3, 0.4) is 0 Å². The number of sulfonamides is 2. The van der Waals surface area contributed by atoms with Crippen molar-refractivity contribution >= 4 is 25.7 Å². The molecule has 0 spiro atoms. The fraction of sp³-hybridized carbons (Fsp3) is 0.429. The number of fused-ring (bicyclic) bond motifs is 1. The summed E-state index contributed by atoms with van der Waals surface area (Å²) in [5.41, 5.74) is 5.09. The number of rotatable bonds is 7. The quantitative estimate of drug-likeness (QED) is 0.721. The molecule has 0 saturated carbocycles. The van der Waals surface area contributed by atoms with E-state index in [0.717, 1.165) is 27.8 Å². The molecule has 1 heterocycles. The van der Waals surface area contributed by atoms with Crippen LogP contribution in [0.15, 0.2) is 36.4 Å². The van der Waals surface area contributed by atoms with E-state index in [1.54, 1.807) is 12.1 Å². The van der Waals surface area contributed by atoms with Crippen molar-refractivity contribution in [3.05, 3.63) is 64.2 Å². The van der Waals surface area contributed by atoms with Crippen LogP contribution in [-0.2, 0) is 38.8 Å². The molecule has 0 bridgehead atoms. The minimum Gasteiger partial charge on any atom is -0.283 e. The summed E-state index contributed by atoms with van der Waals surface area (Å²) >= 11 is 0. The number of aryl methyl sites for hydroxylation is 2. The fourth-order valence-corrected chi connectivity index (χ4v) is 6.35. The fourth-order valence-electron chi connectivity index (χ4n) is 3.60. The smallest absolute Gasteiger partial charge is 0.236 e. The Morgan fingerprint density at radius 3 is 2.48 bits per heavy atom.